The highest BCUT2D eigenvalue weighted by Crippen LogP contribution is 2.20. The Morgan fingerprint density at radius 1 is 1.63 bits per heavy atom. The Morgan fingerprint density at radius 3 is 3.21 bits per heavy atom. The largest absolute Gasteiger partial charge is 0.463 e. The number of carbonyl (C=O) groups excluding carboxylic acids is 1. The highest BCUT2D eigenvalue weighted by atomic mass is 16.5. The maximum absolute atomic E-state index is 11.6. The zero-order valence-electron chi connectivity index (χ0n) is 11.6. The van der Waals surface area contributed by atoms with Crippen LogP contribution in [0.4, 0.5) is 0 Å². The summed E-state index contributed by atoms with van der Waals surface area (Å²) in [6.07, 6.45) is 4.03. The van der Waals surface area contributed by atoms with E-state index in [-0.39, 0.29) is 0 Å². The number of hydrogen-bond donors (Lipinski definition) is 1. The van der Waals surface area contributed by atoms with Crippen LogP contribution in [-0.2, 0) is 11.3 Å². The summed E-state index contributed by atoms with van der Waals surface area (Å²) in [5.41, 5.74) is 0.914. The van der Waals surface area contributed by atoms with Gasteiger partial charge in [-0.05, 0) is 45.0 Å². The summed E-state index contributed by atoms with van der Waals surface area (Å²) in [5.74, 6) is 0.620. The van der Waals surface area contributed by atoms with Gasteiger partial charge in [0.25, 0.3) is 0 Å². The van der Waals surface area contributed by atoms with Gasteiger partial charge in [0, 0.05) is 18.7 Å². The topological polar surface area (TPSA) is 54.7 Å². The predicted octanol–water partition coefficient (Wildman–Crippen LogP) is 1.50. The van der Waals surface area contributed by atoms with Gasteiger partial charge in [-0.2, -0.15) is 0 Å². The number of hydrogen-bond acceptors (Lipinski definition) is 5. The Labute approximate surface area is 113 Å². The Bertz CT molecular complexity index is 415. The van der Waals surface area contributed by atoms with Gasteiger partial charge in [-0.15, -0.1) is 0 Å². The quantitative estimate of drug-likeness (QED) is 0.818. The number of rotatable bonds is 5. The van der Waals surface area contributed by atoms with Crippen molar-refractivity contribution in [3.8, 4) is 0 Å². The third kappa shape index (κ3) is 3.58. The van der Waals surface area contributed by atoms with Gasteiger partial charge in [-0.25, -0.2) is 4.79 Å². The molecule has 1 atom stereocenters. The molecule has 0 aliphatic carbocycles. The van der Waals surface area contributed by atoms with Crippen molar-refractivity contribution in [1.82, 2.24) is 10.2 Å². The molecule has 1 fully saturated rings. The Balaban J connectivity index is 1.97. The molecule has 1 aliphatic heterocycles. The number of ether oxygens (including phenoxy) is 1. The van der Waals surface area contributed by atoms with Gasteiger partial charge in [0.1, 0.15) is 0 Å². The number of likely N-dealkylation sites (tertiary alicyclic amines) is 1. The molecular weight excluding hydrogens is 244 g/mol. The van der Waals surface area contributed by atoms with E-state index < -0.39 is 5.97 Å². The van der Waals surface area contributed by atoms with Crippen LogP contribution in [0.1, 0.15) is 29.0 Å². The van der Waals surface area contributed by atoms with E-state index in [9.17, 15) is 4.79 Å². The summed E-state index contributed by atoms with van der Waals surface area (Å²) < 4.78 is 9.94. The normalized spacial score (nSPS) is 20.4. The second-order valence-corrected chi connectivity index (χ2v) is 5.07. The maximum Gasteiger partial charge on any atom is 0.374 e. The van der Waals surface area contributed by atoms with Gasteiger partial charge in [-0.1, -0.05) is 0 Å². The van der Waals surface area contributed by atoms with Crippen LogP contribution in [0.25, 0.3) is 0 Å². The van der Waals surface area contributed by atoms with Gasteiger partial charge in [-0.3, -0.25) is 4.90 Å². The summed E-state index contributed by atoms with van der Waals surface area (Å²) >= 11 is 0. The summed E-state index contributed by atoms with van der Waals surface area (Å²) in [4.78, 5) is 13.9. The molecule has 5 nitrogen and oxygen atoms in total. The molecule has 2 rings (SSSR count). The minimum Gasteiger partial charge on any atom is -0.463 e. The third-order valence-corrected chi connectivity index (χ3v) is 3.61. The minimum absolute atomic E-state index is 0.332. The van der Waals surface area contributed by atoms with Crippen LogP contribution in [0.15, 0.2) is 16.7 Å². The molecule has 1 aliphatic rings. The lowest BCUT2D eigenvalue weighted by atomic mass is 9.97. The second kappa shape index (κ2) is 6.73. The van der Waals surface area contributed by atoms with Crippen molar-refractivity contribution in [3.05, 3.63) is 23.7 Å². The average molecular weight is 266 g/mol. The van der Waals surface area contributed by atoms with Crippen LogP contribution in [0.2, 0.25) is 0 Å². The molecule has 2 heterocycles. The number of piperidine rings is 1. The molecule has 1 aromatic rings. The van der Waals surface area contributed by atoms with E-state index in [0.29, 0.717) is 11.7 Å². The first-order valence-electron chi connectivity index (χ1n) is 6.76. The Kier molecular flexibility index (Phi) is 4.99. The molecule has 106 valence electrons. The molecule has 19 heavy (non-hydrogen) atoms. The minimum atomic E-state index is -0.399. The van der Waals surface area contributed by atoms with E-state index in [4.69, 9.17) is 9.15 Å². The lowest BCUT2D eigenvalue weighted by molar-refractivity contribution is 0.0560. The Hall–Kier alpha value is -1.33. The van der Waals surface area contributed by atoms with Crippen molar-refractivity contribution in [2.75, 3.05) is 33.8 Å². The molecule has 1 N–H and O–H groups in total. The van der Waals surface area contributed by atoms with Crippen molar-refractivity contribution >= 4 is 5.97 Å². The van der Waals surface area contributed by atoms with Gasteiger partial charge in [0.05, 0.1) is 13.4 Å². The highest BCUT2D eigenvalue weighted by Gasteiger charge is 2.22. The second-order valence-electron chi connectivity index (χ2n) is 5.07. The summed E-state index contributed by atoms with van der Waals surface area (Å²) in [6.45, 7) is 3.94. The van der Waals surface area contributed by atoms with Crippen molar-refractivity contribution < 1.29 is 13.9 Å². The number of nitrogens with zero attached hydrogens (tertiary/aromatic N) is 1. The van der Waals surface area contributed by atoms with Crippen molar-refractivity contribution in [3.63, 3.8) is 0 Å². The third-order valence-electron chi connectivity index (χ3n) is 3.61. The lowest BCUT2D eigenvalue weighted by Gasteiger charge is -2.32. The van der Waals surface area contributed by atoms with Crippen LogP contribution in [0.3, 0.4) is 0 Å². The van der Waals surface area contributed by atoms with Crippen LogP contribution < -0.4 is 5.32 Å². The molecule has 1 unspecified atom stereocenters. The summed E-state index contributed by atoms with van der Waals surface area (Å²) in [7, 11) is 3.36. The smallest absolute Gasteiger partial charge is 0.374 e. The molecule has 0 amide bonds. The summed E-state index contributed by atoms with van der Waals surface area (Å²) in [5, 5.41) is 3.24. The number of esters is 1. The van der Waals surface area contributed by atoms with Gasteiger partial charge in [0.15, 0.2) is 0 Å². The molecule has 1 aromatic heterocycles. The van der Waals surface area contributed by atoms with Crippen molar-refractivity contribution in [2.45, 2.75) is 19.4 Å². The van der Waals surface area contributed by atoms with Crippen LogP contribution in [0, 0.1) is 5.92 Å². The van der Waals surface area contributed by atoms with E-state index in [0.717, 1.165) is 31.7 Å². The molecule has 5 heteroatoms. The highest BCUT2D eigenvalue weighted by molar-refractivity contribution is 5.87. The fraction of sp³-hybridized carbons (Fsp3) is 0.643. The molecule has 0 spiro atoms. The van der Waals surface area contributed by atoms with E-state index in [1.54, 1.807) is 6.26 Å². The molecule has 0 saturated carbocycles. The summed E-state index contributed by atoms with van der Waals surface area (Å²) in [6, 6.07) is 1.86. The standard InChI is InChI=1S/C14H22N2O3/c1-15-8-11-4-3-6-16(9-11)10-12-5-7-19-13(12)14(17)18-2/h5,7,11,15H,3-4,6,8-10H2,1-2H3. The van der Waals surface area contributed by atoms with E-state index in [1.807, 2.05) is 13.1 Å². The van der Waals surface area contributed by atoms with Gasteiger partial charge in [0.2, 0.25) is 5.76 Å². The van der Waals surface area contributed by atoms with E-state index in [2.05, 4.69) is 10.2 Å². The molecule has 0 radical (unpaired) electrons. The first-order valence-corrected chi connectivity index (χ1v) is 6.76. The maximum atomic E-state index is 11.6. The molecule has 0 aromatic carbocycles. The number of carbonyl (C=O) groups is 1. The van der Waals surface area contributed by atoms with Crippen LogP contribution in [-0.4, -0.2) is 44.7 Å². The van der Waals surface area contributed by atoms with Crippen LogP contribution >= 0.6 is 0 Å². The lowest BCUT2D eigenvalue weighted by Crippen LogP contribution is -2.38. The van der Waals surface area contributed by atoms with Gasteiger partial charge >= 0.3 is 5.97 Å². The fourth-order valence-electron chi connectivity index (χ4n) is 2.72. The number of furan rings is 1. The van der Waals surface area contributed by atoms with E-state index in [1.165, 1.54) is 20.0 Å². The predicted molar refractivity (Wildman–Crippen MR) is 72.0 cm³/mol. The fourth-order valence-corrected chi connectivity index (χ4v) is 2.72. The SMILES string of the molecule is CNCC1CCCN(Cc2ccoc2C(=O)OC)C1. The number of methoxy groups -OCH3 is 1. The molecular formula is C14H22N2O3. The first-order chi connectivity index (χ1) is 9.24. The zero-order valence-corrected chi connectivity index (χ0v) is 11.6. The average Bonchev–Trinajstić information content (AvgIpc) is 2.87. The Morgan fingerprint density at radius 2 is 2.47 bits per heavy atom. The zero-order chi connectivity index (χ0) is 13.7. The molecule has 1 saturated heterocycles. The van der Waals surface area contributed by atoms with Crippen molar-refractivity contribution in [1.29, 1.82) is 0 Å². The first kappa shape index (κ1) is 14.1. The van der Waals surface area contributed by atoms with Gasteiger partial charge < -0.3 is 14.5 Å². The van der Waals surface area contributed by atoms with E-state index >= 15 is 0 Å². The monoisotopic (exact) mass is 266 g/mol. The van der Waals surface area contributed by atoms with Crippen molar-refractivity contribution in [2.24, 2.45) is 5.92 Å². The number of nitrogens with one attached hydrogen (secondary N) is 1. The van der Waals surface area contributed by atoms with Crippen LogP contribution in [0.5, 0.6) is 0 Å². The molecule has 0 bridgehead atoms.